The monoisotopic (exact) mass is 732 g/mol. The van der Waals surface area contributed by atoms with Crippen LogP contribution in [0.15, 0.2) is 48.5 Å². The van der Waals surface area contributed by atoms with Crippen molar-refractivity contribution in [2.75, 3.05) is 23.8 Å². The molecule has 0 aliphatic heterocycles. The number of aromatic nitrogens is 3. The van der Waals surface area contributed by atoms with Crippen LogP contribution in [0.3, 0.4) is 0 Å². The van der Waals surface area contributed by atoms with Crippen molar-refractivity contribution in [1.82, 2.24) is 30.9 Å². The second-order valence-electron chi connectivity index (χ2n) is 12.6. The van der Waals surface area contributed by atoms with E-state index in [0.29, 0.717) is 29.5 Å². The van der Waals surface area contributed by atoms with Gasteiger partial charge in [-0.15, -0.1) is 0 Å². The number of rotatable bonds is 13. The Morgan fingerprint density at radius 2 is 1.67 bits per heavy atom. The first-order chi connectivity index (χ1) is 24.2. The minimum Gasteiger partial charge on any atom is -0.480 e. The second kappa shape index (κ2) is 15.8. The SMILES string of the molecule is CC1CCCC(NC(=O)C(=O)NC[C@H](NC(=O)c2ccc(Nc3nc(NC4(c5ccc(Cl)cc5)CC4)nc(OCC(F)(F)F)n3)cc2)C(=O)O)C1. The summed E-state index contributed by atoms with van der Waals surface area (Å²) in [7, 11) is 0. The van der Waals surface area contributed by atoms with Gasteiger partial charge in [0.05, 0.1) is 5.54 Å². The maximum absolute atomic E-state index is 12.9. The van der Waals surface area contributed by atoms with Crippen LogP contribution in [-0.2, 0) is 19.9 Å². The number of nitrogens with one attached hydrogen (secondary N) is 5. The fourth-order valence-electron chi connectivity index (χ4n) is 5.64. The van der Waals surface area contributed by atoms with E-state index in [2.05, 4.69) is 48.5 Å². The zero-order chi connectivity index (χ0) is 36.8. The van der Waals surface area contributed by atoms with Crippen LogP contribution in [0.25, 0.3) is 0 Å². The standard InChI is InChI=1S/C33H36ClF3N8O6/c1-18-3-2-4-23(15-18)39-27(48)26(47)38-16-24(28(49)50)41-25(46)19-5-11-22(12-6-19)40-29-42-30(44-31(43-29)51-17-33(35,36)37)45-32(13-14-32)20-7-9-21(34)10-8-20/h5-12,18,23-24H,2-4,13-17H2,1H3,(H,38,47)(H,39,48)(H,41,46)(H,49,50)(H2,40,42,43,44,45)/t18?,23?,24-/m0/s1. The van der Waals surface area contributed by atoms with Gasteiger partial charge in [-0.2, -0.15) is 28.1 Å². The summed E-state index contributed by atoms with van der Waals surface area (Å²) < 4.78 is 43.5. The van der Waals surface area contributed by atoms with E-state index in [9.17, 15) is 37.5 Å². The van der Waals surface area contributed by atoms with E-state index in [0.717, 1.165) is 31.2 Å². The van der Waals surface area contributed by atoms with Gasteiger partial charge in [0.25, 0.3) is 5.91 Å². The van der Waals surface area contributed by atoms with Crippen molar-refractivity contribution >= 4 is 52.9 Å². The molecule has 0 bridgehead atoms. The molecule has 2 unspecified atom stereocenters. The Labute approximate surface area is 295 Å². The zero-order valence-electron chi connectivity index (χ0n) is 27.3. The third-order valence-corrected chi connectivity index (χ3v) is 8.68. The minimum absolute atomic E-state index is 0.0407. The number of carboxylic acid groups (broad SMARTS) is 1. The predicted molar refractivity (Wildman–Crippen MR) is 179 cm³/mol. The molecule has 3 atom stereocenters. The van der Waals surface area contributed by atoms with Gasteiger partial charge in [-0.3, -0.25) is 14.4 Å². The molecular weight excluding hydrogens is 697 g/mol. The molecule has 1 aromatic heterocycles. The number of alkyl halides is 3. The molecule has 3 amide bonds. The number of aliphatic carboxylic acids is 1. The van der Waals surface area contributed by atoms with E-state index in [1.165, 1.54) is 24.3 Å². The Hall–Kier alpha value is -5.19. The van der Waals surface area contributed by atoms with Gasteiger partial charge in [-0.1, -0.05) is 43.5 Å². The summed E-state index contributed by atoms with van der Waals surface area (Å²) in [6.45, 7) is -0.104. The molecule has 2 saturated carbocycles. The molecule has 3 aromatic rings. The molecule has 18 heteroatoms. The summed E-state index contributed by atoms with van der Waals surface area (Å²) in [5.74, 6) is -3.88. The highest BCUT2D eigenvalue weighted by atomic mass is 35.5. The van der Waals surface area contributed by atoms with Crippen LogP contribution in [0, 0.1) is 5.92 Å². The lowest BCUT2D eigenvalue weighted by molar-refractivity contribution is -0.154. The number of carboxylic acids is 1. The van der Waals surface area contributed by atoms with E-state index in [4.69, 9.17) is 16.3 Å². The number of benzene rings is 2. The molecule has 2 aromatic carbocycles. The summed E-state index contributed by atoms with van der Waals surface area (Å²) in [6.07, 6.45) is 0.249. The molecule has 6 N–H and O–H groups in total. The molecule has 2 aliphatic rings. The second-order valence-corrected chi connectivity index (χ2v) is 13.0. The maximum atomic E-state index is 12.9. The molecule has 14 nitrogen and oxygen atoms in total. The van der Waals surface area contributed by atoms with Crippen molar-refractivity contribution in [2.24, 2.45) is 5.92 Å². The third kappa shape index (κ3) is 10.7. The summed E-state index contributed by atoms with van der Waals surface area (Å²) >= 11 is 6.01. The van der Waals surface area contributed by atoms with Gasteiger partial charge in [-0.25, -0.2) is 4.79 Å². The Kier molecular flexibility index (Phi) is 11.5. The van der Waals surface area contributed by atoms with Crippen molar-refractivity contribution in [2.45, 2.75) is 69.2 Å². The summed E-state index contributed by atoms with van der Waals surface area (Å²) in [6, 6.07) is 10.4. The predicted octanol–water partition coefficient (Wildman–Crippen LogP) is 4.31. The van der Waals surface area contributed by atoms with E-state index in [-0.39, 0.29) is 23.5 Å². The zero-order valence-corrected chi connectivity index (χ0v) is 28.1. The van der Waals surface area contributed by atoms with Gasteiger partial charge in [-0.05, 0) is 73.6 Å². The number of hydrogen-bond acceptors (Lipinski definition) is 10. The van der Waals surface area contributed by atoms with Crippen LogP contribution >= 0.6 is 11.6 Å². The molecular formula is C33H36ClF3N8O6. The lowest BCUT2D eigenvalue weighted by Crippen LogP contribution is -2.52. The molecule has 0 radical (unpaired) electrons. The molecule has 272 valence electrons. The average molecular weight is 733 g/mol. The first kappa shape index (κ1) is 37.1. The van der Waals surface area contributed by atoms with Crippen LogP contribution < -0.4 is 31.3 Å². The number of ether oxygens (including phenoxy) is 1. The molecule has 5 rings (SSSR count). The number of hydrogen-bond donors (Lipinski definition) is 6. The number of anilines is 3. The Bertz CT molecular complexity index is 1740. The highest BCUT2D eigenvalue weighted by molar-refractivity contribution is 6.35. The minimum atomic E-state index is -4.64. The van der Waals surface area contributed by atoms with Gasteiger partial charge in [0, 0.05) is 28.9 Å². The van der Waals surface area contributed by atoms with Gasteiger partial charge in [0.1, 0.15) is 6.04 Å². The number of carbonyl (C=O) groups excluding carboxylic acids is 3. The van der Waals surface area contributed by atoms with Gasteiger partial charge in [0.15, 0.2) is 6.61 Å². The van der Waals surface area contributed by atoms with Crippen molar-refractivity contribution in [3.8, 4) is 6.01 Å². The number of halogens is 4. The number of nitrogens with zero attached hydrogens (tertiary/aromatic N) is 3. The van der Waals surface area contributed by atoms with Crippen LogP contribution in [0.2, 0.25) is 5.02 Å². The third-order valence-electron chi connectivity index (χ3n) is 8.43. The summed E-state index contributed by atoms with van der Waals surface area (Å²) in [5.41, 5.74) is 0.699. The van der Waals surface area contributed by atoms with Crippen LogP contribution in [-0.4, -0.2) is 75.2 Å². The molecule has 2 fully saturated rings. The number of amides is 3. The fourth-order valence-corrected chi connectivity index (χ4v) is 5.77. The van der Waals surface area contributed by atoms with Crippen LogP contribution in [0.5, 0.6) is 6.01 Å². The van der Waals surface area contributed by atoms with Gasteiger partial charge in [0.2, 0.25) is 11.9 Å². The Morgan fingerprint density at radius 1 is 0.980 bits per heavy atom. The lowest BCUT2D eigenvalue weighted by atomic mass is 9.87. The van der Waals surface area contributed by atoms with Crippen molar-refractivity contribution in [3.63, 3.8) is 0 Å². The molecule has 1 heterocycles. The maximum Gasteiger partial charge on any atom is 0.422 e. The Balaban J connectivity index is 1.21. The van der Waals surface area contributed by atoms with Crippen molar-refractivity contribution < 1.29 is 42.2 Å². The summed E-state index contributed by atoms with van der Waals surface area (Å²) in [5, 5.41) is 23.4. The molecule has 0 spiro atoms. The normalized spacial score (nSPS) is 18.5. The number of carbonyl (C=O) groups is 4. The molecule has 51 heavy (non-hydrogen) atoms. The van der Waals surface area contributed by atoms with E-state index in [1.54, 1.807) is 12.1 Å². The lowest BCUT2D eigenvalue weighted by Gasteiger charge is -2.27. The average Bonchev–Trinajstić information content (AvgIpc) is 3.85. The first-order valence-corrected chi connectivity index (χ1v) is 16.6. The van der Waals surface area contributed by atoms with Gasteiger partial charge >= 0.3 is 30.0 Å². The van der Waals surface area contributed by atoms with Crippen molar-refractivity contribution in [3.05, 3.63) is 64.7 Å². The summed E-state index contributed by atoms with van der Waals surface area (Å²) in [4.78, 5) is 61.6. The van der Waals surface area contributed by atoms with E-state index >= 15 is 0 Å². The Morgan fingerprint density at radius 3 is 2.29 bits per heavy atom. The van der Waals surface area contributed by atoms with Crippen LogP contribution in [0.1, 0.15) is 61.4 Å². The van der Waals surface area contributed by atoms with Gasteiger partial charge < -0.3 is 36.4 Å². The topological polar surface area (TPSA) is 197 Å². The first-order valence-electron chi connectivity index (χ1n) is 16.2. The largest absolute Gasteiger partial charge is 0.480 e. The van der Waals surface area contributed by atoms with Crippen molar-refractivity contribution in [1.29, 1.82) is 0 Å². The van der Waals surface area contributed by atoms with Crippen LogP contribution in [0.4, 0.5) is 30.8 Å². The fraction of sp³-hybridized carbons (Fsp3) is 0.424. The quantitative estimate of drug-likeness (QED) is 0.137. The molecule has 0 saturated heterocycles. The highest BCUT2D eigenvalue weighted by Gasteiger charge is 2.45. The van der Waals surface area contributed by atoms with E-state index in [1.807, 2.05) is 12.1 Å². The molecule has 2 aliphatic carbocycles. The van der Waals surface area contributed by atoms with E-state index < -0.39 is 60.6 Å². The smallest absolute Gasteiger partial charge is 0.422 e. The highest BCUT2D eigenvalue weighted by Crippen LogP contribution is 2.48.